The number of nitrogens with one attached hydrogen (secondary N) is 1. The minimum absolute atomic E-state index is 0.244. The van der Waals surface area contributed by atoms with Gasteiger partial charge in [0.2, 0.25) is 0 Å². The Morgan fingerprint density at radius 3 is 2.79 bits per heavy atom. The maximum Gasteiger partial charge on any atom is 0.142 e. The highest BCUT2D eigenvalue weighted by molar-refractivity contribution is 8.04. The number of rotatable bonds is 11. The van der Waals surface area contributed by atoms with Crippen molar-refractivity contribution in [3.63, 3.8) is 0 Å². The van der Waals surface area contributed by atoms with Gasteiger partial charge in [-0.2, -0.15) is 0 Å². The van der Waals surface area contributed by atoms with Gasteiger partial charge in [0.15, 0.2) is 0 Å². The molecule has 0 unspecified atom stereocenters. The summed E-state index contributed by atoms with van der Waals surface area (Å²) < 4.78 is 3.32. The Balaban J connectivity index is 2.97. The molecule has 0 saturated carbocycles. The molecule has 0 atom stereocenters. The SMILES string of the molecule is C=C/C=C(\C=C(\Cl)CCl)SNc1cc(Cl)ccc1CN(C)/C=C(C)\C=C/C=O. The Hall–Kier alpha value is -1.59. The number of hydrogen-bond acceptors (Lipinski definition) is 4. The second-order valence-electron chi connectivity index (χ2n) is 5.82. The van der Waals surface area contributed by atoms with Crippen LogP contribution in [-0.4, -0.2) is 24.1 Å². The summed E-state index contributed by atoms with van der Waals surface area (Å²) in [7, 11) is 1.97. The van der Waals surface area contributed by atoms with Crippen LogP contribution in [-0.2, 0) is 11.3 Å². The molecule has 1 aromatic rings. The fourth-order valence-corrected chi connectivity index (χ4v) is 3.43. The Labute approximate surface area is 186 Å². The number of carbonyl (C=O) groups excluding carboxylic acids is 1. The molecule has 1 rings (SSSR count). The van der Waals surface area contributed by atoms with Gasteiger partial charge in [0.1, 0.15) is 6.29 Å². The minimum atomic E-state index is 0.244. The van der Waals surface area contributed by atoms with Crippen molar-refractivity contribution < 1.29 is 4.79 Å². The summed E-state index contributed by atoms with van der Waals surface area (Å²) in [4.78, 5) is 13.3. The lowest BCUT2D eigenvalue weighted by Crippen LogP contribution is -2.12. The Kier molecular flexibility index (Phi) is 11.8. The van der Waals surface area contributed by atoms with E-state index in [2.05, 4.69) is 11.3 Å². The zero-order valence-corrected chi connectivity index (χ0v) is 18.9. The first-order valence-corrected chi connectivity index (χ1v) is 10.5. The van der Waals surface area contributed by atoms with Gasteiger partial charge >= 0.3 is 0 Å². The molecule has 150 valence electrons. The molecule has 1 aromatic carbocycles. The zero-order valence-electron chi connectivity index (χ0n) is 15.8. The molecule has 3 nitrogen and oxygen atoms in total. The van der Waals surface area contributed by atoms with E-state index in [1.807, 2.05) is 49.3 Å². The second-order valence-corrected chi connectivity index (χ2v) is 7.89. The van der Waals surface area contributed by atoms with Crippen molar-refractivity contribution in [2.24, 2.45) is 0 Å². The van der Waals surface area contributed by atoms with E-state index in [0.29, 0.717) is 16.6 Å². The molecule has 0 heterocycles. The predicted octanol–water partition coefficient (Wildman–Crippen LogP) is 6.92. The molecule has 0 amide bonds. The predicted molar refractivity (Wildman–Crippen MR) is 126 cm³/mol. The average molecular weight is 458 g/mol. The van der Waals surface area contributed by atoms with Gasteiger partial charge in [-0.1, -0.05) is 48.0 Å². The molecule has 0 aliphatic heterocycles. The van der Waals surface area contributed by atoms with Crippen molar-refractivity contribution >= 4 is 58.7 Å². The van der Waals surface area contributed by atoms with E-state index in [1.165, 1.54) is 18.0 Å². The summed E-state index contributed by atoms with van der Waals surface area (Å²) >= 11 is 19.4. The van der Waals surface area contributed by atoms with Crippen LogP contribution in [0.2, 0.25) is 5.02 Å². The maximum absolute atomic E-state index is 10.4. The van der Waals surface area contributed by atoms with Crippen LogP contribution in [0.25, 0.3) is 0 Å². The molecule has 0 aromatic heterocycles. The van der Waals surface area contributed by atoms with Crippen LogP contribution in [0, 0.1) is 0 Å². The molecule has 28 heavy (non-hydrogen) atoms. The third-order valence-corrected chi connectivity index (χ3v) is 5.06. The Morgan fingerprint density at radius 1 is 1.39 bits per heavy atom. The van der Waals surface area contributed by atoms with E-state index in [9.17, 15) is 4.79 Å². The van der Waals surface area contributed by atoms with Crippen molar-refractivity contribution in [2.45, 2.75) is 13.5 Å². The third-order valence-electron chi connectivity index (χ3n) is 3.34. The highest BCUT2D eigenvalue weighted by Gasteiger charge is 2.07. The van der Waals surface area contributed by atoms with E-state index in [4.69, 9.17) is 34.8 Å². The lowest BCUT2D eigenvalue weighted by molar-refractivity contribution is -0.104. The fraction of sp³-hybridized carbons (Fsp3) is 0.190. The van der Waals surface area contributed by atoms with Crippen LogP contribution in [0.4, 0.5) is 5.69 Å². The zero-order chi connectivity index (χ0) is 20.9. The summed E-state index contributed by atoms with van der Waals surface area (Å²) in [5, 5.41) is 1.18. The molecule has 0 saturated heterocycles. The number of alkyl halides is 1. The molecule has 0 fully saturated rings. The number of nitrogens with zero attached hydrogens (tertiary/aromatic N) is 1. The number of carbonyl (C=O) groups is 1. The molecule has 7 heteroatoms. The maximum atomic E-state index is 10.4. The molecule has 0 spiro atoms. The van der Waals surface area contributed by atoms with Crippen LogP contribution < -0.4 is 4.72 Å². The highest BCUT2D eigenvalue weighted by Crippen LogP contribution is 2.28. The summed E-state index contributed by atoms with van der Waals surface area (Å²) in [5.41, 5.74) is 2.93. The first-order chi connectivity index (χ1) is 13.4. The topological polar surface area (TPSA) is 32.3 Å². The van der Waals surface area contributed by atoms with Crippen LogP contribution in [0.15, 0.2) is 76.9 Å². The van der Waals surface area contributed by atoms with Gasteiger partial charge in [-0.05, 0) is 60.4 Å². The summed E-state index contributed by atoms with van der Waals surface area (Å²) in [5.74, 6) is 0.244. The monoisotopic (exact) mass is 456 g/mol. The second kappa shape index (κ2) is 13.6. The molecule has 0 bridgehead atoms. The Bertz CT molecular complexity index is 801. The van der Waals surface area contributed by atoms with E-state index in [1.54, 1.807) is 18.2 Å². The van der Waals surface area contributed by atoms with Gasteiger partial charge in [0.25, 0.3) is 0 Å². The first kappa shape index (κ1) is 24.4. The number of hydrogen-bond donors (Lipinski definition) is 1. The van der Waals surface area contributed by atoms with E-state index >= 15 is 0 Å². The van der Waals surface area contributed by atoms with Crippen molar-refractivity contribution in [1.29, 1.82) is 0 Å². The van der Waals surface area contributed by atoms with Crippen LogP contribution in [0.1, 0.15) is 12.5 Å². The summed E-state index contributed by atoms with van der Waals surface area (Å²) in [6.07, 6.45) is 11.3. The van der Waals surface area contributed by atoms with Gasteiger partial charge in [0, 0.05) is 34.8 Å². The number of halogens is 3. The van der Waals surface area contributed by atoms with Crippen molar-refractivity contribution in [2.75, 3.05) is 17.6 Å². The molecule has 1 N–H and O–H groups in total. The molecular weight excluding hydrogens is 435 g/mol. The quantitative estimate of drug-likeness (QED) is 0.128. The van der Waals surface area contributed by atoms with Gasteiger partial charge < -0.3 is 9.62 Å². The van der Waals surface area contributed by atoms with Gasteiger partial charge in [-0.25, -0.2) is 0 Å². The lowest BCUT2D eigenvalue weighted by Gasteiger charge is -2.19. The van der Waals surface area contributed by atoms with Gasteiger partial charge in [-0.15, -0.1) is 11.6 Å². The van der Waals surface area contributed by atoms with Crippen molar-refractivity contribution in [1.82, 2.24) is 4.90 Å². The summed E-state index contributed by atoms with van der Waals surface area (Å²) in [6.45, 7) is 6.32. The van der Waals surface area contributed by atoms with Crippen LogP contribution in [0.3, 0.4) is 0 Å². The lowest BCUT2D eigenvalue weighted by atomic mass is 10.1. The molecule has 0 radical (unpaired) electrons. The standard InChI is InChI=1S/C21H23Cl3N2OS/c1-4-6-20(11-19(24)13-22)28-25-21-12-18(23)9-8-17(21)15-26(3)14-16(2)7-5-10-27/h4-12,14,25H,1,13,15H2,2-3H3/b7-5-,16-14-,19-11+,20-6+. The average Bonchev–Trinajstić information content (AvgIpc) is 2.66. The van der Waals surface area contributed by atoms with Gasteiger partial charge in [0.05, 0.1) is 11.6 Å². The number of benzene rings is 1. The first-order valence-electron chi connectivity index (χ1n) is 8.36. The largest absolute Gasteiger partial charge is 0.376 e. The van der Waals surface area contributed by atoms with Gasteiger partial charge in [-0.3, -0.25) is 4.79 Å². The molecule has 0 aliphatic rings. The number of allylic oxidation sites excluding steroid dienone is 7. The van der Waals surface area contributed by atoms with Crippen LogP contribution in [0.5, 0.6) is 0 Å². The molecular formula is C21H23Cl3N2OS. The normalized spacial score (nSPS) is 13.0. The fourth-order valence-electron chi connectivity index (χ4n) is 2.21. The van der Waals surface area contributed by atoms with E-state index in [0.717, 1.165) is 28.0 Å². The summed E-state index contributed by atoms with van der Waals surface area (Å²) in [6, 6.07) is 5.71. The third kappa shape index (κ3) is 9.56. The van der Waals surface area contributed by atoms with Crippen molar-refractivity contribution in [3.8, 4) is 0 Å². The van der Waals surface area contributed by atoms with E-state index in [-0.39, 0.29) is 5.88 Å². The number of aldehydes is 1. The van der Waals surface area contributed by atoms with Crippen LogP contribution >= 0.6 is 46.8 Å². The number of anilines is 1. The van der Waals surface area contributed by atoms with Crippen molar-refractivity contribution in [3.05, 3.63) is 87.5 Å². The smallest absolute Gasteiger partial charge is 0.142 e. The highest BCUT2D eigenvalue weighted by atomic mass is 35.5. The minimum Gasteiger partial charge on any atom is -0.376 e. The Morgan fingerprint density at radius 2 is 2.14 bits per heavy atom. The van der Waals surface area contributed by atoms with E-state index < -0.39 is 0 Å². The molecule has 0 aliphatic carbocycles.